The molecular formula is C14H17NO2. The third kappa shape index (κ3) is 1.95. The average Bonchev–Trinajstić information content (AvgIpc) is 2.94. The van der Waals surface area contributed by atoms with Gasteiger partial charge in [-0.15, -0.1) is 0 Å². The molecule has 2 heterocycles. The Hall–Kier alpha value is -1.35. The van der Waals surface area contributed by atoms with Crippen LogP contribution in [0.4, 0.5) is 0 Å². The van der Waals surface area contributed by atoms with Crippen LogP contribution in [0.3, 0.4) is 0 Å². The van der Waals surface area contributed by atoms with Gasteiger partial charge in [0.1, 0.15) is 11.9 Å². The molecule has 1 saturated heterocycles. The fraction of sp³-hybridized carbons (Fsp3) is 0.500. The highest BCUT2D eigenvalue weighted by Crippen LogP contribution is 2.30. The molecule has 17 heavy (non-hydrogen) atoms. The number of ether oxygens (including phenoxy) is 1. The maximum Gasteiger partial charge on any atom is 0.179 e. The van der Waals surface area contributed by atoms with Gasteiger partial charge in [-0.05, 0) is 50.1 Å². The normalized spacial score (nSPS) is 26.6. The second kappa shape index (κ2) is 4.15. The van der Waals surface area contributed by atoms with Gasteiger partial charge in [-0.25, -0.2) is 0 Å². The predicted molar refractivity (Wildman–Crippen MR) is 65.6 cm³/mol. The van der Waals surface area contributed by atoms with Gasteiger partial charge in [-0.1, -0.05) is 0 Å². The topological polar surface area (TPSA) is 38.3 Å². The molecule has 0 spiro atoms. The lowest BCUT2D eigenvalue weighted by Crippen LogP contribution is -2.30. The number of nitrogens with one attached hydrogen (secondary N) is 1. The van der Waals surface area contributed by atoms with Crippen LogP contribution in [0.2, 0.25) is 0 Å². The monoisotopic (exact) mass is 231 g/mol. The van der Waals surface area contributed by atoms with Crippen molar-refractivity contribution in [2.24, 2.45) is 0 Å². The molecule has 90 valence electrons. The predicted octanol–water partition coefficient (Wildman–Crippen LogP) is 1.94. The van der Waals surface area contributed by atoms with Gasteiger partial charge in [0.05, 0.1) is 6.04 Å². The number of hydrogen-bond acceptors (Lipinski definition) is 3. The van der Waals surface area contributed by atoms with Crippen LogP contribution < -0.4 is 10.1 Å². The molecule has 0 bridgehead atoms. The highest BCUT2D eigenvalue weighted by atomic mass is 16.5. The molecule has 0 radical (unpaired) electrons. The number of benzene rings is 1. The van der Waals surface area contributed by atoms with Gasteiger partial charge < -0.3 is 10.1 Å². The van der Waals surface area contributed by atoms with Crippen LogP contribution in [-0.4, -0.2) is 24.5 Å². The van der Waals surface area contributed by atoms with Gasteiger partial charge >= 0.3 is 0 Å². The number of carbonyl (C=O) groups excluding carboxylic acids is 1. The summed E-state index contributed by atoms with van der Waals surface area (Å²) in [5.74, 6) is 1.17. The molecule has 3 rings (SSSR count). The van der Waals surface area contributed by atoms with E-state index in [9.17, 15) is 4.79 Å². The SMILES string of the molecule is CC1Cc2cc(C(=O)C3CCCN3)ccc2O1. The van der Waals surface area contributed by atoms with Crippen molar-refractivity contribution in [3.63, 3.8) is 0 Å². The molecule has 0 aromatic heterocycles. The van der Waals surface area contributed by atoms with Crippen molar-refractivity contribution in [2.45, 2.75) is 38.3 Å². The summed E-state index contributed by atoms with van der Waals surface area (Å²) >= 11 is 0. The molecule has 0 amide bonds. The second-order valence-corrected chi connectivity index (χ2v) is 4.97. The molecule has 3 heteroatoms. The van der Waals surface area contributed by atoms with E-state index >= 15 is 0 Å². The molecule has 1 N–H and O–H groups in total. The summed E-state index contributed by atoms with van der Waals surface area (Å²) in [5, 5.41) is 3.25. The molecule has 1 aromatic rings. The smallest absolute Gasteiger partial charge is 0.179 e. The summed E-state index contributed by atoms with van der Waals surface area (Å²) in [7, 11) is 0. The molecule has 0 aliphatic carbocycles. The lowest BCUT2D eigenvalue weighted by molar-refractivity contribution is 0.0952. The minimum Gasteiger partial charge on any atom is -0.490 e. The minimum absolute atomic E-state index is 0.0211. The largest absolute Gasteiger partial charge is 0.490 e. The Morgan fingerprint density at radius 1 is 1.47 bits per heavy atom. The second-order valence-electron chi connectivity index (χ2n) is 4.97. The number of fused-ring (bicyclic) bond motifs is 1. The number of carbonyl (C=O) groups is 1. The Labute approximate surface area is 101 Å². The minimum atomic E-state index is 0.0211. The van der Waals surface area contributed by atoms with Crippen molar-refractivity contribution >= 4 is 5.78 Å². The summed E-state index contributed by atoms with van der Waals surface area (Å²) < 4.78 is 5.64. The van der Waals surface area contributed by atoms with Crippen LogP contribution in [0.1, 0.15) is 35.7 Å². The van der Waals surface area contributed by atoms with E-state index in [1.165, 1.54) is 5.56 Å². The van der Waals surface area contributed by atoms with Crippen molar-refractivity contribution in [2.75, 3.05) is 6.54 Å². The van der Waals surface area contributed by atoms with Crippen LogP contribution >= 0.6 is 0 Å². The van der Waals surface area contributed by atoms with E-state index in [1.807, 2.05) is 18.2 Å². The van der Waals surface area contributed by atoms with Crippen LogP contribution in [-0.2, 0) is 6.42 Å². The van der Waals surface area contributed by atoms with Crippen LogP contribution in [0, 0.1) is 0 Å². The molecule has 2 unspecified atom stereocenters. The van der Waals surface area contributed by atoms with E-state index in [4.69, 9.17) is 4.74 Å². The quantitative estimate of drug-likeness (QED) is 0.791. The van der Waals surface area contributed by atoms with Gasteiger partial charge in [0.25, 0.3) is 0 Å². The first kappa shape index (κ1) is 10.8. The third-order valence-corrected chi connectivity index (χ3v) is 3.56. The Morgan fingerprint density at radius 3 is 3.12 bits per heavy atom. The van der Waals surface area contributed by atoms with Gasteiger partial charge in [0.2, 0.25) is 0 Å². The Bertz CT molecular complexity index is 450. The Balaban J connectivity index is 1.84. The summed E-state index contributed by atoms with van der Waals surface area (Å²) in [6.45, 7) is 3.02. The lowest BCUT2D eigenvalue weighted by Gasteiger charge is -2.09. The zero-order valence-electron chi connectivity index (χ0n) is 10.0. The zero-order valence-corrected chi connectivity index (χ0v) is 10.0. The summed E-state index contributed by atoms with van der Waals surface area (Å²) in [6.07, 6.45) is 3.21. The van der Waals surface area contributed by atoms with Crippen molar-refractivity contribution in [3.05, 3.63) is 29.3 Å². The fourth-order valence-electron chi connectivity index (χ4n) is 2.68. The van der Waals surface area contributed by atoms with Crippen molar-refractivity contribution < 1.29 is 9.53 Å². The molecule has 1 aromatic carbocycles. The summed E-state index contributed by atoms with van der Waals surface area (Å²) in [4.78, 5) is 12.2. The lowest BCUT2D eigenvalue weighted by atomic mass is 9.99. The maximum atomic E-state index is 12.2. The van der Waals surface area contributed by atoms with E-state index in [0.29, 0.717) is 0 Å². The Kier molecular flexibility index (Phi) is 2.63. The highest BCUT2D eigenvalue weighted by molar-refractivity contribution is 6.00. The molecule has 2 atom stereocenters. The molecular weight excluding hydrogens is 214 g/mol. The van der Waals surface area contributed by atoms with Crippen molar-refractivity contribution in [3.8, 4) is 5.75 Å². The first-order valence-corrected chi connectivity index (χ1v) is 6.31. The van der Waals surface area contributed by atoms with Crippen LogP contribution in [0.5, 0.6) is 5.75 Å². The molecule has 1 fully saturated rings. The number of hydrogen-bond donors (Lipinski definition) is 1. The third-order valence-electron chi connectivity index (χ3n) is 3.56. The fourth-order valence-corrected chi connectivity index (χ4v) is 2.68. The van der Waals surface area contributed by atoms with Gasteiger partial charge in [-0.3, -0.25) is 4.79 Å². The van der Waals surface area contributed by atoms with Crippen molar-refractivity contribution in [1.29, 1.82) is 0 Å². The first-order chi connectivity index (χ1) is 8.24. The zero-order chi connectivity index (χ0) is 11.8. The van der Waals surface area contributed by atoms with E-state index in [1.54, 1.807) is 0 Å². The average molecular weight is 231 g/mol. The summed E-state index contributed by atoms with van der Waals surface area (Å²) in [6, 6.07) is 5.84. The molecule has 2 aliphatic rings. The summed E-state index contributed by atoms with van der Waals surface area (Å²) in [5.41, 5.74) is 1.99. The van der Waals surface area contributed by atoms with Crippen molar-refractivity contribution in [1.82, 2.24) is 5.32 Å². The van der Waals surface area contributed by atoms with Crippen LogP contribution in [0.15, 0.2) is 18.2 Å². The van der Waals surface area contributed by atoms with Gasteiger partial charge in [0, 0.05) is 12.0 Å². The number of rotatable bonds is 2. The molecule has 2 aliphatic heterocycles. The van der Waals surface area contributed by atoms with Crippen LogP contribution in [0.25, 0.3) is 0 Å². The molecule has 3 nitrogen and oxygen atoms in total. The van der Waals surface area contributed by atoms with E-state index in [2.05, 4.69) is 12.2 Å². The number of Topliss-reactive ketones (excluding diaryl/α,β-unsaturated/α-hetero) is 1. The first-order valence-electron chi connectivity index (χ1n) is 6.31. The molecule has 0 saturated carbocycles. The standard InChI is InChI=1S/C14H17NO2/c1-9-7-11-8-10(4-5-13(11)17-9)14(16)12-3-2-6-15-12/h4-5,8-9,12,15H,2-3,6-7H2,1H3. The van der Waals surface area contributed by atoms with E-state index in [0.717, 1.165) is 37.1 Å². The van der Waals surface area contributed by atoms with E-state index < -0.39 is 0 Å². The van der Waals surface area contributed by atoms with Gasteiger partial charge in [0.15, 0.2) is 5.78 Å². The van der Waals surface area contributed by atoms with E-state index in [-0.39, 0.29) is 17.9 Å². The van der Waals surface area contributed by atoms with Gasteiger partial charge in [-0.2, -0.15) is 0 Å². The maximum absolute atomic E-state index is 12.2. The Morgan fingerprint density at radius 2 is 2.35 bits per heavy atom. The highest BCUT2D eigenvalue weighted by Gasteiger charge is 2.25. The number of ketones is 1.